The van der Waals surface area contributed by atoms with E-state index in [0.29, 0.717) is 19.3 Å². The highest BCUT2D eigenvalue weighted by atomic mass is 35.5. The van der Waals surface area contributed by atoms with Crippen LogP contribution in [0.25, 0.3) is 0 Å². The molecule has 12 heavy (non-hydrogen) atoms. The van der Waals surface area contributed by atoms with E-state index in [4.69, 9.17) is 11.6 Å². The second kappa shape index (κ2) is 6.00. The van der Waals surface area contributed by atoms with E-state index in [-0.39, 0.29) is 17.1 Å². The number of ether oxygens (including phenoxy) is 1. The Bertz CT molecular complexity index is 168. The van der Waals surface area contributed by atoms with Gasteiger partial charge in [0.1, 0.15) is 0 Å². The van der Waals surface area contributed by atoms with Crippen LogP contribution in [0.2, 0.25) is 0 Å². The van der Waals surface area contributed by atoms with E-state index in [9.17, 15) is 9.59 Å². The fourth-order valence-corrected chi connectivity index (χ4v) is 1.000. The Morgan fingerprint density at radius 1 is 1.50 bits per heavy atom. The lowest BCUT2D eigenvalue weighted by Crippen LogP contribution is -2.12. The van der Waals surface area contributed by atoms with Crippen molar-refractivity contribution in [3.63, 3.8) is 0 Å². The van der Waals surface area contributed by atoms with Gasteiger partial charge in [-0.15, -0.1) is 0 Å². The zero-order valence-electron chi connectivity index (χ0n) is 7.30. The quantitative estimate of drug-likeness (QED) is 0.492. The highest BCUT2D eigenvalue weighted by molar-refractivity contribution is 6.63. The summed E-state index contributed by atoms with van der Waals surface area (Å²) in [6.45, 7) is 1.77. The van der Waals surface area contributed by atoms with Gasteiger partial charge in [0.05, 0.1) is 13.0 Å². The first kappa shape index (κ1) is 11.4. The third-order valence-electron chi connectivity index (χ3n) is 1.61. The standard InChI is InChI=1S/C8H13ClO3/c1-6(8(11)12-2)4-3-5-7(9)10/h6H,3-5H2,1-2H3. The van der Waals surface area contributed by atoms with Crippen molar-refractivity contribution in [2.75, 3.05) is 7.11 Å². The number of hydrogen-bond acceptors (Lipinski definition) is 3. The Labute approximate surface area is 77.0 Å². The first-order valence-corrected chi connectivity index (χ1v) is 4.22. The second-order valence-electron chi connectivity index (χ2n) is 2.67. The van der Waals surface area contributed by atoms with Gasteiger partial charge < -0.3 is 4.74 Å². The van der Waals surface area contributed by atoms with Crippen LogP contribution in [0.3, 0.4) is 0 Å². The van der Waals surface area contributed by atoms with Crippen molar-refractivity contribution in [3.05, 3.63) is 0 Å². The van der Waals surface area contributed by atoms with Crippen molar-refractivity contribution in [2.24, 2.45) is 5.92 Å². The van der Waals surface area contributed by atoms with Crippen LogP contribution in [-0.4, -0.2) is 18.3 Å². The molecule has 0 aromatic carbocycles. The molecule has 0 fully saturated rings. The molecular weight excluding hydrogens is 180 g/mol. The molecule has 70 valence electrons. The van der Waals surface area contributed by atoms with Crippen LogP contribution in [0.4, 0.5) is 0 Å². The molecule has 0 bridgehead atoms. The second-order valence-corrected chi connectivity index (χ2v) is 3.09. The lowest BCUT2D eigenvalue weighted by molar-refractivity contribution is -0.145. The van der Waals surface area contributed by atoms with E-state index >= 15 is 0 Å². The van der Waals surface area contributed by atoms with Gasteiger partial charge in [0.15, 0.2) is 0 Å². The molecule has 0 saturated carbocycles. The molecule has 0 aliphatic carbocycles. The molecule has 0 amide bonds. The number of esters is 1. The van der Waals surface area contributed by atoms with E-state index in [1.54, 1.807) is 6.92 Å². The summed E-state index contributed by atoms with van der Waals surface area (Å²) < 4.78 is 4.51. The van der Waals surface area contributed by atoms with Crippen LogP contribution in [0.1, 0.15) is 26.2 Å². The third kappa shape index (κ3) is 5.13. The van der Waals surface area contributed by atoms with Gasteiger partial charge in [-0.05, 0) is 24.4 Å². The Morgan fingerprint density at radius 3 is 2.50 bits per heavy atom. The average molecular weight is 193 g/mol. The minimum Gasteiger partial charge on any atom is -0.469 e. The van der Waals surface area contributed by atoms with Gasteiger partial charge in [-0.2, -0.15) is 0 Å². The molecule has 0 radical (unpaired) electrons. The van der Waals surface area contributed by atoms with E-state index in [1.165, 1.54) is 7.11 Å². The first-order chi connectivity index (χ1) is 5.57. The summed E-state index contributed by atoms with van der Waals surface area (Å²) >= 11 is 5.12. The maximum absolute atomic E-state index is 10.8. The lowest BCUT2D eigenvalue weighted by Gasteiger charge is -2.06. The molecule has 0 N–H and O–H groups in total. The van der Waals surface area contributed by atoms with Crippen molar-refractivity contribution in [3.8, 4) is 0 Å². The number of halogens is 1. The molecule has 0 aromatic heterocycles. The normalized spacial score (nSPS) is 12.2. The molecule has 0 heterocycles. The number of carbonyl (C=O) groups is 2. The molecule has 1 atom stereocenters. The zero-order chi connectivity index (χ0) is 9.56. The van der Waals surface area contributed by atoms with E-state index in [1.807, 2.05) is 0 Å². The fourth-order valence-electron chi connectivity index (χ4n) is 0.866. The summed E-state index contributed by atoms with van der Waals surface area (Å²) in [5.41, 5.74) is 0. The molecule has 0 aliphatic rings. The summed E-state index contributed by atoms with van der Waals surface area (Å²) in [5.74, 6) is -0.386. The Hall–Kier alpha value is -0.570. The first-order valence-electron chi connectivity index (χ1n) is 3.84. The maximum atomic E-state index is 10.8. The lowest BCUT2D eigenvalue weighted by atomic mass is 10.1. The number of methoxy groups -OCH3 is 1. The van der Waals surface area contributed by atoms with Crippen molar-refractivity contribution < 1.29 is 14.3 Å². The van der Waals surface area contributed by atoms with Crippen LogP contribution in [0.15, 0.2) is 0 Å². The fraction of sp³-hybridized carbons (Fsp3) is 0.750. The minimum atomic E-state index is -0.355. The molecule has 0 spiro atoms. The highest BCUT2D eigenvalue weighted by Crippen LogP contribution is 2.10. The zero-order valence-corrected chi connectivity index (χ0v) is 8.06. The highest BCUT2D eigenvalue weighted by Gasteiger charge is 2.12. The Morgan fingerprint density at radius 2 is 2.08 bits per heavy atom. The van der Waals surface area contributed by atoms with Gasteiger partial charge in [-0.1, -0.05) is 6.92 Å². The molecule has 0 aliphatic heterocycles. The summed E-state index contributed by atoms with van der Waals surface area (Å²) in [6, 6.07) is 0. The number of rotatable bonds is 5. The smallest absolute Gasteiger partial charge is 0.308 e. The molecule has 4 heteroatoms. The molecule has 0 aromatic rings. The molecular formula is C8H13ClO3. The van der Waals surface area contributed by atoms with Crippen LogP contribution in [-0.2, 0) is 14.3 Å². The topological polar surface area (TPSA) is 43.4 Å². The monoisotopic (exact) mass is 192 g/mol. The van der Waals surface area contributed by atoms with Crippen molar-refractivity contribution in [1.29, 1.82) is 0 Å². The van der Waals surface area contributed by atoms with Crippen LogP contribution >= 0.6 is 11.6 Å². The van der Waals surface area contributed by atoms with Gasteiger partial charge >= 0.3 is 5.97 Å². The summed E-state index contributed by atoms with van der Waals surface area (Å²) in [6.07, 6.45) is 1.60. The van der Waals surface area contributed by atoms with Crippen LogP contribution in [0.5, 0.6) is 0 Å². The minimum absolute atomic E-state index is 0.147. The predicted octanol–water partition coefficient (Wildman–Crippen LogP) is 1.73. The number of carbonyl (C=O) groups excluding carboxylic acids is 2. The van der Waals surface area contributed by atoms with E-state index < -0.39 is 0 Å². The van der Waals surface area contributed by atoms with Crippen molar-refractivity contribution >= 4 is 22.8 Å². The van der Waals surface area contributed by atoms with Gasteiger partial charge in [0, 0.05) is 6.42 Å². The van der Waals surface area contributed by atoms with Crippen LogP contribution < -0.4 is 0 Å². The third-order valence-corrected chi connectivity index (χ3v) is 1.80. The van der Waals surface area contributed by atoms with Crippen molar-refractivity contribution in [2.45, 2.75) is 26.2 Å². The molecule has 3 nitrogen and oxygen atoms in total. The van der Waals surface area contributed by atoms with E-state index in [0.717, 1.165) is 0 Å². The molecule has 0 saturated heterocycles. The molecule has 0 rings (SSSR count). The maximum Gasteiger partial charge on any atom is 0.308 e. The SMILES string of the molecule is COC(=O)C(C)CCCC(=O)Cl. The van der Waals surface area contributed by atoms with Gasteiger partial charge in [-0.3, -0.25) is 9.59 Å². The number of hydrogen-bond donors (Lipinski definition) is 0. The summed E-state index contributed by atoms with van der Waals surface area (Å²) in [5, 5.41) is -0.355. The van der Waals surface area contributed by atoms with Crippen LogP contribution in [0, 0.1) is 5.92 Å². The largest absolute Gasteiger partial charge is 0.469 e. The summed E-state index contributed by atoms with van der Waals surface area (Å²) in [4.78, 5) is 21.2. The Kier molecular flexibility index (Phi) is 5.72. The molecule has 1 unspecified atom stereocenters. The Balaban J connectivity index is 3.50. The summed E-state index contributed by atoms with van der Waals surface area (Å²) in [7, 11) is 1.35. The van der Waals surface area contributed by atoms with E-state index in [2.05, 4.69) is 4.74 Å². The predicted molar refractivity (Wildman–Crippen MR) is 45.9 cm³/mol. The van der Waals surface area contributed by atoms with Gasteiger partial charge in [0.25, 0.3) is 0 Å². The van der Waals surface area contributed by atoms with Gasteiger partial charge in [-0.25, -0.2) is 0 Å². The average Bonchev–Trinajstić information content (AvgIpc) is 2.02. The van der Waals surface area contributed by atoms with Crippen molar-refractivity contribution in [1.82, 2.24) is 0 Å². The van der Waals surface area contributed by atoms with Gasteiger partial charge in [0.2, 0.25) is 5.24 Å².